The Morgan fingerprint density at radius 2 is 1.64 bits per heavy atom. The topological polar surface area (TPSA) is 118 Å². The Bertz CT molecular complexity index is 1010. The lowest BCUT2D eigenvalue weighted by Crippen LogP contribution is -2.21. The molecule has 1 aliphatic rings. The van der Waals surface area contributed by atoms with Crippen molar-refractivity contribution in [2.75, 3.05) is 5.32 Å². The highest BCUT2D eigenvalue weighted by Crippen LogP contribution is 2.29. The fourth-order valence-corrected chi connectivity index (χ4v) is 2.78. The van der Waals surface area contributed by atoms with E-state index in [1.165, 1.54) is 6.07 Å². The fraction of sp³-hybridized carbons (Fsp3) is 0.0588. The van der Waals surface area contributed by atoms with Crippen LogP contribution in [0.3, 0.4) is 0 Å². The smallest absolute Gasteiger partial charge is 0.232 e. The van der Waals surface area contributed by atoms with E-state index in [-0.39, 0.29) is 35.3 Å². The Balaban J connectivity index is 1.63. The van der Waals surface area contributed by atoms with Crippen LogP contribution in [-0.2, 0) is 11.2 Å². The number of aromatic nitrogens is 4. The maximum atomic E-state index is 12.7. The van der Waals surface area contributed by atoms with Gasteiger partial charge in [-0.2, -0.15) is 5.21 Å². The Hall–Kier alpha value is -3.68. The van der Waals surface area contributed by atoms with Gasteiger partial charge in [-0.05, 0) is 18.2 Å². The van der Waals surface area contributed by atoms with E-state index in [1.807, 2.05) is 0 Å². The van der Waals surface area contributed by atoms with Gasteiger partial charge in [0, 0.05) is 27.9 Å². The molecule has 1 heterocycles. The molecule has 0 spiro atoms. The summed E-state index contributed by atoms with van der Waals surface area (Å²) in [6.07, 6.45) is -0.0523. The zero-order chi connectivity index (χ0) is 17.4. The Kier molecular flexibility index (Phi) is 3.42. The number of nitrogens with one attached hydrogen (secondary N) is 2. The summed E-state index contributed by atoms with van der Waals surface area (Å²) in [6, 6.07) is 11.4. The SMILES string of the molecule is O=C(Cc1nn[nH]n1)Nc1ccc2c(c1)C(=O)c1ccccc1C2=O. The number of aromatic amines is 1. The molecule has 1 aromatic heterocycles. The second-order valence-corrected chi connectivity index (χ2v) is 5.52. The minimum absolute atomic E-state index is 0.0523. The van der Waals surface area contributed by atoms with Gasteiger partial charge in [-0.25, -0.2) is 0 Å². The molecule has 0 bridgehead atoms. The number of rotatable bonds is 3. The van der Waals surface area contributed by atoms with Gasteiger partial charge in [0.2, 0.25) is 5.91 Å². The molecule has 25 heavy (non-hydrogen) atoms. The van der Waals surface area contributed by atoms with Crippen LogP contribution < -0.4 is 5.32 Å². The second-order valence-electron chi connectivity index (χ2n) is 5.52. The zero-order valence-corrected chi connectivity index (χ0v) is 12.8. The van der Waals surface area contributed by atoms with Gasteiger partial charge in [0.1, 0.15) is 0 Å². The van der Waals surface area contributed by atoms with Crippen LogP contribution in [0.15, 0.2) is 42.5 Å². The monoisotopic (exact) mass is 333 g/mol. The van der Waals surface area contributed by atoms with Gasteiger partial charge in [0.05, 0.1) is 6.42 Å². The summed E-state index contributed by atoms with van der Waals surface area (Å²) in [6.45, 7) is 0. The van der Waals surface area contributed by atoms with Gasteiger partial charge < -0.3 is 5.32 Å². The predicted octanol–water partition coefficient (Wildman–Crippen LogP) is 1.16. The molecule has 0 fully saturated rings. The molecule has 0 saturated heterocycles. The number of amides is 1. The highest BCUT2D eigenvalue weighted by molar-refractivity contribution is 6.28. The molecule has 0 unspecified atom stereocenters. The molecule has 0 saturated carbocycles. The number of hydrogen-bond donors (Lipinski definition) is 2. The molecule has 1 amide bonds. The summed E-state index contributed by atoms with van der Waals surface area (Å²) in [4.78, 5) is 37.2. The number of carbonyl (C=O) groups excluding carboxylic acids is 3. The number of fused-ring (bicyclic) bond motifs is 2. The van der Waals surface area contributed by atoms with Crippen molar-refractivity contribution in [1.29, 1.82) is 0 Å². The van der Waals surface area contributed by atoms with Crippen LogP contribution in [0.2, 0.25) is 0 Å². The second kappa shape index (κ2) is 5.75. The lowest BCUT2D eigenvalue weighted by atomic mass is 9.84. The van der Waals surface area contributed by atoms with Crippen LogP contribution in [0.4, 0.5) is 5.69 Å². The van der Waals surface area contributed by atoms with Crippen LogP contribution in [0.5, 0.6) is 0 Å². The lowest BCUT2D eigenvalue weighted by Gasteiger charge is -2.18. The van der Waals surface area contributed by atoms with E-state index >= 15 is 0 Å². The van der Waals surface area contributed by atoms with Crippen molar-refractivity contribution < 1.29 is 14.4 Å². The minimum atomic E-state index is -0.351. The van der Waals surface area contributed by atoms with Crippen molar-refractivity contribution in [2.24, 2.45) is 0 Å². The summed E-state index contributed by atoms with van der Waals surface area (Å²) in [5, 5.41) is 15.7. The first kappa shape index (κ1) is 14.9. The molecule has 2 aromatic carbocycles. The van der Waals surface area contributed by atoms with Gasteiger partial charge in [-0.15, -0.1) is 10.2 Å². The average molecular weight is 333 g/mol. The number of tetrazole rings is 1. The van der Waals surface area contributed by atoms with Gasteiger partial charge in [-0.1, -0.05) is 29.5 Å². The molecule has 8 nitrogen and oxygen atoms in total. The summed E-state index contributed by atoms with van der Waals surface area (Å²) in [5.74, 6) is -0.527. The third kappa shape index (κ3) is 2.59. The number of nitrogens with zero attached hydrogens (tertiary/aromatic N) is 3. The van der Waals surface area contributed by atoms with Crippen LogP contribution >= 0.6 is 0 Å². The van der Waals surface area contributed by atoms with Crippen LogP contribution in [0, 0.1) is 0 Å². The van der Waals surface area contributed by atoms with Crippen LogP contribution in [-0.4, -0.2) is 38.1 Å². The van der Waals surface area contributed by atoms with E-state index in [0.29, 0.717) is 22.4 Å². The van der Waals surface area contributed by atoms with Crippen molar-refractivity contribution >= 4 is 23.2 Å². The number of carbonyl (C=O) groups is 3. The van der Waals surface area contributed by atoms with Crippen molar-refractivity contribution in [3.05, 3.63) is 70.5 Å². The molecule has 8 heteroatoms. The first-order valence-corrected chi connectivity index (χ1v) is 7.48. The quantitative estimate of drug-likeness (QED) is 0.581. The first-order valence-electron chi connectivity index (χ1n) is 7.48. The third-order valence-corrected chi connectivity index (χ3v) is 3.92. The van der Waals surface area contributed by atoms with Crippen molar-refractivity contribution in [3.63, 3.8) is 0 Å². The molecule has 3 aromatic rings. The summed E-state index contributed by atoms with van der Waals surface area (Å²) >= 11 is 0. The van der Waals surface area contributed by atoms with Crippen LogP contribution in [0.1, 0.15) is 37.7 Å². The van der Waals surface area contributed by atoms with E-state index in [4.69, 9.17) is 0 Å². The molecular formula is C17H11N5O3. The van der Waals surface area contributed by atoms with E-state index in [1.54, 1.807) is 36.4 Å². The number of anilines is 1. The van der Waals surface area contributed by atoms with Crippen molar-refractivity contribution in [2.45, 2.75) is 6.42 Å². The number of hydrogen-bond acceptors (Lipinski definition) is 6. The lowest BCUT2D eigenvalue weighted by molar-refractivity contribution is -0.115. The van der Waals surface area contributed by atoms with E-state index in [9.17, 15) is 14.4 Å². The summed E-state index contributed by atoms with van der Waals surface area (Å²) < 4.78 is 0. The molecule has 2 N–H and O–H groups in total. The minimum Gasteiger partial charge on any atom is -0.326 e. The molecular weight excluding hydrogens is 322 g/mol. The Labute approximate surface area is 141 Å². The van der Waals surface area contributed by atoms with E-state index < -0.39 is 0 Å². The molecule has 0 aliphatic heterocycles. The first-order chi connectivity index (χ1) is 12.1. The molecule has 1 aliphatic carbocycles. The number of benzene rings is 2. The Morgan fingerprint density at radius 3 is 2.32 bits per heavy atom. The Morgan fingerprint density at radius 1 is 0.960 bits per heavy atom. The largest absolute Gasteiger partial charge is 0.326 e. The molecule has 0 atom stereocenters. The van der Waals surface area contributed by atoms with Gasteiger partial charge in [0.25, 0.3) is 0 Å². The highest BCUT2D eigenvalue weighted by Gasteiger charge is 2.29. The van der Waals surface area contributed by atoms with Gasteiger partial charge >= 0.3 is 0 Å². The van der Waals surface area contributed by atoms with Gasteiger partial charge in [0.15, 0.2) is 17.4 Å². The van der Waals surface area contributed by atoms with E-state index in [0.717, 1.165) is 0 Å². The highest BCUT2D eigenvalue weighted by atomic mass is 16.2. The predicted molar refractivity (Wildman–Crippen MR) is 86.3 cm³/mol. The molecule has 4 rings (SSSR count). The summed E-state index contributed by atoms with van der Waals surface area (Å²) in [5.41, 5.74) is 1.80. The fourth-order valence-electron chi connectivity index (χ4n) is 2.78. The standard InChI is InChI=1S/C17H11N5O3/c23-15(8-14-19-21-22-20-14)18-9-5-6-12-13(7-9)17(25)11-4-2-1-3-10(11)16(12)24/h1-7H,8H2,(H,18,23)(H,19,20,21,22). The summed E-state index contributed by atoms with van der Waals surface area (Å²) in [7, 11) is 0. The van der Waals surface area contributed by atoms with Gasteiger partial charge in [-0.3, -0.25) is 14.4 Å². The zero-order valence-electron chi connectivity index (χ0n) is 12.8. The third-order valence-electron chi connectivity index (χ3n) is 3.92. The maximum absolute atomic E-state index is 12.7. The molecule has 122 valence electrons. The number of H-pyrrole nitrogens is 1. The van der Waals surface area contributed by atoms with E-state index in [2.05, 4.69) is 25.9 Å². The van der Waals surface area contributed by atoms with Crippen molar-refractivity contribution in [1.82, 2.24) is 20.6 Å². The average Bonchev–Trinajstić information content (AvgIpc) is 3.12. The number of ketones is 2. The van der Waals surface area contributed by atoms with Crippen molar-refractivity contribution in [3.8, 4) is 0 Å². The normalized spacial score (nSPS) is 12.5. The molecule has 0 radical (unpaired) electrons. The maximum Gasteiger partial charge on any atom is 0.232 e. The van der Waals surface area contributed by atoms with Crippen LogP contribution in [0.25, 0.3) is 0 Å².